The molecule has 33 heavy (non-hydrogen) atoms. The van der Waals surface area contributed by atoms with Crippen molar-refractivity contribution >= 4 is 0 Å². The minimum Gasteiger partial charge on any atom is -0.0859 e. The topological polar surface area (TPSA) is 0 Å². The summed E-state index contributed by atoms with van der Waals surface area (Å²) < 4.78 is 0. The summed E-state index contributed by atoms with van der Waals surface area (Å²) >= 11 is 0. The van der Waals surface area contributed by atoms with Gasteiger partial charge < -0.3 is 0 Å². The van der Waals surface area contributed by atoms with Crippen LogP contribution in [0.2, 0.25) is 0 Å². The van der Waals surface area contributed by atoms with Crippen LogP contribution in [0.5, 0.6) is 0 Å². The van der Waals surface area contributed by atoms with Crippen LogP contribution in [0.25, 0.3) is 0 Å². The van der Waals surface area contributed by atoms with E-state index in [1.165, 1.54) is 91.2 Å². The molecule has 0 amide bonds. The minimum absolute atomic E-state index is 1.16. The maximum Gasteiger partial charge on any atom is -0.0288 e. The number of hydrogen-bond donors (Lipinski definition) is 0. The highest BCUT2D eigenvalue weighted by molar-refractivity contribution is 5.06. The van der Waals surface area contributed by atoms with Crippen molar-refractivity contribution < 1.29 is 0 Å². The van der Waals surface area contributed by atoms with Gasteiger partial charge in [0, 0.05) is 0 Å². The molecule has 0 aliphatic rings. The largest absolute Gasteiger partial charge is 0.0859 e. The first kappa shape index (κ1) is 33.6. The van der Waals surface area contributed by atoms with E-state index in [0.717, 1.165) is 12.8 Å². The van der Waals surface area contributed by atoms with Gasteiger partial charge in [0.25, 0.3) is 0 Å². The average molecular weight is 455 g/mol. The van der Waals surface area contributed by atoms with Gasteiger partial charge in [0.05, 0.1) is 0 Å². The molecular weight excluding hydrogens is 396 g/mol. The van der Waals surface area contributed by atoms with Crippen molar-refractivity contribution in [2.75, 3.05) is 0 Å². The zero-order valence-electron chi connectivity index (χ0n) is 24.2. The Bertz CT molecular complexity index is 654. The summed E-state index contributed by atoms with van der Waals surface area (Å²) in [5.74, 6) is 0. The van der Waals surface area contributed by atoms with E-state index in [2.05, 4.69) is 106 Å². The van der Waals surface area contributed by atoms with Crippen molar-refractivity contribution in [3.05, 3.63) is 69.9 Å². The van der Waals surface area contributed by atoms with E-state index in [9.17, 15) is 0 Å². The molecule has 0 radical (unpaired) electrons. The van der Waals surface area contributed by atoms with Gasteiger partial charge in [-0.15, -0.1) is 0 Å². The van der Waals surface area contributed by atoms with Crippen LogP contribution in [0.1, 0.15) is 140 Å². The van der Waals surface area contributed by atoms with Crippen LogP contribution >= 0.6 is 0 Å². The predicted molar refractivity (Wildman–Crippen MR) is 156 cm³/mol. The highest BCUT2D eigenvalue weighted by Gasteiger charge is 1.92. The molecule has 0 heterocycles. The van der Waals surface area contributed by atoms with Gasteiger partial charge in [-0.3, -0.25) is 0 Å². The second-order valence-electron chi connectivity index (χ2n) is 9.86. The normalized spacial score (nSPS) is 13.6. The van der Waals surface area contributed by atoms with Crippen LogP contribution in [0, 0.1) is 0 Å². The lowest BCUT2D eigenvalue weighted by atomic mass is 10.1. The van der Waals surface area contributed by atoms with Crippen LogP contribution in [0.15, 0.2) is 69.9 Å². The van der Waals surface area contributed by atoms with Gasteiger partial charge in [-0.05, 0) is 119 Å². The molecule has 0 aliphatic heterocycles. The third-order valence-corrected chi connectivity index (χ3v) is 5.85. The lowest BCUT2D eigenvalue weighted by Crippen LogP contribution is -1.81. The quantitative estimate of drug-likeness (QED) is 0.216. The van der Waals surface area contributed by atoms with Crippen LogP contribution in [-0.4, -0.2) is 0 Å². The third-order valence-electron chi connectivity index (χ3n) is 5.85. The van der Waals surface area contributed by atoms with Crippen molar-refractivity contribution in [1.82, 2.24) is 0 Å². The molecule has 0 spiro atoms. The standard InChI is InChI=1S/C17H30.C16H28/c1-6-10-16(4)12-9-14-17(5)13-8-11-15(3)7-2;1-6-9-15(4)12-8-13-16(5)11-7-10-14(2)3/h10-11,14H,6-9,12-13H2,1-5H3;9-10,13H,6-8,11-12H2,1-5H3/b15-11+,16-10+,17-14+;15-9+,16-13+. The Hall–Kier alpha value is -1.56. The van der Waals surface area contributed by atoms with Crippen molar-refractivity contribution in [2.45, 2.75) is 140 Å². The Balaban J connectivity index is 0. The van der Waals surface area contributed by atoms with E-state index < -0.39 is 0 Å². The van der Waals surface area contributed by atoms with Crippen molar-refractivity contribution in [2.24, 2.45) is 0 Å². The fourth-order valence-corrected chi connectivity index (χ4v) is 3.48. The molecule has 190 valence electrons. The van der Waals surface area contributed by atoms with E-state index >= 15 is 0 Å². The van der Waals surface area contributed by atoms with Gasteiger partial charge in [-0.1, -0.05) is 90.7 Å². The van der Waals surface area contributed by atoms with Gasteiger partial charge in [0.1, 0.15) is 0 Å². The fraction of sp³-hybridized carbons (Fsp3) is 0.636. The molecule has 0 aromatic heterocycles. The van der Waals surface area contributed by atoms with Gasteiger partial charge in [-0.2, -0.15) is 0 Å². The molecule has 0 saturated heterocycles. The maximum absolute atomic E-state index is 2.40. The second-order valence-corrected chi connectivity index (χ2v) is 9.86. The Morgan fingerprint density at radius 2 is 0.697 bits per heavy atom. The molecule has 0 aliphatic carbocycles. The number of hydrogen-bond acceptors (Lipinski definition) is 0. The molecule has 0 aromatic rings. The SMILES string of the molecule is CC/C=C(\C)CC/C=C(\C)CC/C=C(\C)CC.CC/C=C(\C)CC/C=C(\C)CCC=C(C)C. The minimum atomic E-state index is 1.16. The maximum atomic E-state index is 2.40. The number of allylic oxidation sites excluding steroid dienone is 12. The van der Waals surface area contributed by atoms with Crippen molar-refractivity contribution in [3.63, 3.8) is 0 Å². The molecule has 0 nitrogen and oxygen atoms in total. The highest BCUT2D eigenvalue weighted by Crippen LogP contribution is 2.13. The molecule has 0 N–H and O–H groups in total. The van der Waals surface area contributed by atoms with E-state index in [4.69, 9.17) is 0 Å². The Kier molecular flexibility index (Phi) is 24.0. The molecule has 0 atom stereocenters. The Morgan fingerprint density at radius 1 is 0.394 bits per heavy atom. The lowest BCUT2D eigenvalue weighted by Gasteiger charge is -2.01. The van der Waals surface area contributed by atoms with Gasteiger partial charge in [-0.25, -0.2) is 0 Å². The van der Waals surface area contributed by atoms with Crippen LogP contribution in [0.3, 0.4) is 0 Å². The predicted octanol–water partition coefficient (Wildman–Crippen LogP) is 12.0. The number of rotatable bonds is 15. The third kappa shape index (κ3) is 26.6. The molecule has 0 bridgehead atoms. The van der Waals surface area contributed by atoms with Gasteiger partial charge >= 0.3 is 0 Å². The first-order valence-corrected chi connectivity index (χ1v) is 13.6. The van der Waals surface area contributed by atoms with Crippen LogP contribution < -0.4 is 0 Å². The smallest absolute Gasteiger partial charge is 0.0288 e. The first-order chi connectivity index (χ1) is 15.7. The summed E-state index contributed by atoms with van der Waals surface area (Å²) in [6.07, 6.45) is 27.3. The van der Waals surface area contributed by atoms with E-state index in [1.807, 2.05) is 0 Å². The summed E-state index contributed by atoms with van der Waals surface area (Å²) in [5.41, 5.74) is 9.06. The van der Waals surface area contributed by atoms with E-state index in [1.54, 1.807) is 0 Å². The van der Waals surface area contributed by atoms with E-state index in [0.29, 0.717) is 0 Å². The molecule has 0 unspecified atom stereocenters. The summed E-state index contributed by atoms with van der Waals surface area (Å²) in [7, 11) is 0. The molecule has 0 saturated carbocycles. The van der Waals surface area contributed by atoms with Crippen molar-refractivity contribution in [3.8, 4) is 0 Å². The summed E-state index contributed by atoms with van der Waals surface area (Å²) in [4.78, 5) is 0. The molecule has 0 fully saturated rings. The van der Waals surface area contributed by atoms with Crippen LogP contribution in [0.4, 0.5) is 0 Å². The summed E-state index contributed by atoms with van der Waals surface area (Å²) in [6.45, 7) is 22.1. The fourth-order valence-electron chi connectivity index (χ4n) is 3.48. The van der Waals surface area contributed by atoms with Gasteiger partial charge in [0.15, 0.2) is 0 Å². The van der Waals surface area contributed by atoms with Crippen LogP contribution in [-0.2, 0) is 0 Å². The Morgan fingerprint density at radius 3 is 1.00 bits per heavy atom. The Labute approximate surface area is 209 Å². The average Bonchev–Trinajstić information content (AvgIpc) is 2.74. The zero-order chi connectivity index (χ0) is 25.5. The molecule has 0 aromatic carbocycles. The van der Waals surface area contributed by atoms with Crippen molar-refractivity contribution in [1.29, 1.82) is 0 Å². The molecule has 0 rings (SSSR count). The summed E-state index contributed by atoms with van der Waals surface area (Å²) in [5, 5.41) is 0. The first-order valence-electron chi connectivity index (χ1n) is 13.6. The van der Waals surface area contributed by atoms with E-state index in [-0.39, 0.29) is 0 Å². The molecule has 0 heteroatoms. The highest BCUT2D eigenvalue weighted by atomic mass is 14.0. The monoisotopic (exact) mass is 454 g/mol. The molecular formula is C33H58. The second kappa shape index (κ2) is 23.6. The van der Waals surface area contributed by atoms with Gasteiger partial charge in [0.2, 0.25) is 0 Å². The zero-order valence-corrected chi connectivity index (χ0v) is 24.2. The summed E-state index contributed by atoms with van der Waals surface area (Å²) in [6, 6.07) is 0. The lowest BCUT2D eigenvalue weighted by molar-refractivity contribution is 0.908.